The van der Waals surface area contributed by atoms with Gasteiger partial charge in [0, 0.05) is 44.5 Å². The van der Waals surface area contributed by atoms with Gasteiger partial charge < -0.3 is 19.9 Å². The summed E-state index contributed by atoms with van der Waals surface area (Å²) in [5, 5.41) is 3.79. The number of nitrogens with one attached hydrogen (secondary N) is 1. The smallest absolute Gasteiger partial charge is 0.230 e. The molecule has 0 aliphatic carbocycles. The number of benzene rings is 2. The van der Waals surface area contributed by atoms with Crippen molar-refractivity contribution in [2.75, 3.05) is 55.4 Å². The molecule has 172 valence electrons. The van der Waals surface area contributed by atoms with Crippen molar-refractivity contribution < 1.29 is 9.53 Å². The van der Waals surface area contributed by atoms with Gasteiger partial charge in [0.1, 0.15) is 22.9 Å². The number of hydrogen-bond donors (Lipinski definition) is 1. The van der Waals surface area contributed by atoms with E-state index in [2.05, 4.69) is 49.4 Å². The minimum atomic E-state index is -0.00784. The van der Waals surface area contributed by atoms with Crippen molar-refractivity contribution in [2.24, 2.45) is 0 Å². The Morgan fingerprint density at radius 3 is 2.52 bits per heavy atom. The number of carbonyl (C=O) groups excluding carboxylic acids is 1. The summed E-state index contributed by atoms with van der Waals surface area (Å²) < 4.78 is 5.36. The van der Waals surface area contributed by atoms with Crippen molar-refractivity contribution in [3.63, 3.8) is 0 Å². The monoisotopic (exact) mass is 463 g/mol. The summed E-state index contributed by atoms with van der Waals surface area (Å²) in [6, 6.07) is 20.3. The van der Waals surface area contributed by atoms with E-state index in [1.165, 1.54) is 17.4 Å². The van der Waals surface area contributed by atoms with Crippen LogP contribution < -0.4 is 19.9 Å². The van der Waals surface area contributed by atoms with Crippen LogP contribution in [0.1, 0.15) is 5.56 Å². The van der Waals surface area contributed by atoms with Gasteiger partial charge in [-0.05, 0) is 30.2 Å². The van der Waals surface area contributed by atoms with Crippen molar-refractivity contribution in [3.05, 3.63) is 72.6 Å². The zero-order chi connectivity index (χ0) is 22.9. The third-order valence-electron chi connectivity index (χ3n) is 5.61. The van der Waals surface area contributed by atoms with E-state index < -0.39 is 0 Å². The van der Waals surface area contributed by atoms with Crippen LogP contribution in [0.25, 0.3) is 0 Å². The lowest BCUT2D eigenvalue weighted by atomic mass is 10.1. The van der Waals surface area contributed by atoms with E-state index >= 15 is 0 Å². The van der Waals surface area contributed by atoms with Crippen molar-refractivity contribution in [1.82, 2.24) is 15.3 Å². The van der Waals surface area contributed by atoms with E-state index in [9.17, 15) is 4.79 Å². The lowest BCUT2D eigenvalue weighted by Crippen LogP contribution is -2.46. The molecular formula is C25H29N5O2S. The van der Waals surface area contributed by atoms with Gasteiger partial charge in [0.15, 0.2) is 0 Å². The summed E-state index contributed by atoms with van der Waals surface area (Å²) in [7, 11) is 1.66. The molecule has 1 amide bonds. The molecule has 7 nitrogen and oxygen atoms in total. The van der Waals surface area contributed by atoms with Gasteiger partial charge in [-0.3, -0.25) is 4.79 Å². The zero-order valence-corrected chi connectivity index (χ0v) is 19.6. The van der Waals surface area contributed by atoms with Gasteiger partial charge in [-0.15, -0.1) is 0 Å². The number of thioether (sulfide) groups is 1. The van der Waals surface area contributed by atoms with E-state index in [1.807, 2.05) is 36.4 Å². The van der Waals surface area contributed by atoms with Crippen LogP contribution in [0.4, 0.5) is 11.5 Å². The Morgan fingerprint density at radius 2 is 1.73 bits per heavy atom. The number of anilines is 2. The quantitative estimate of drug-likeness (QED) is 0.386. The molecule has 0 radical (unpaired) electrons. The third kappa shape index (κ3) is 6.38. The molecule has 1 aliphatic rings. The van der Waals surface area contributed by atoms with Gasteiger partial charge in [0.25, 0.3) is 0 Å². The lowest BCUT2D eigenvalue weighted by molar-refractivity contribution is -0.118. The maximum absolute atomic E-state index is 12.3. The number of hydrogen-bond acceptors (Lipinski definition) is 7. The van der Waals surface area contributed by atoms with Gasteiger partial charge in [-0.25, -0.2) is 9.97 Å². The van der Waals surface area contributed by atoms with E-state index in [1.54, 1.807) is 13.4 Å². The summed E-state index contributed by atoms with van der Waals surface area (Å²) in [5.74, 6) is 2.08. The summed E-state index contributed by atoms with van der Waals surface area (Å²) >= 11 is 1.43. The maximum atomic E-state index is 12.3. The Morgan fingerprint density at radius 1 is 1.00 bits per heavy atom. The summed E-state index contributed by atoms with van der Waals surface area (Å²) in [6.07, 6.45) is 2.31. The first kappa shape index (κ1) is 22.9. The van der Waals surface area contributed by atoms with E-state index in [0.29, 0.717) is 12.3 Å². The highest BCUT2D eigenvalue weighted by molar-refractivity contribution is 7.99. The summed E-state index contributed by atoms with van der Waals surface area (Å²) in [6.45, 7) is 4.27. The third-order valence-corrected chi connectivity index (χ3v) is 6.54. The number of para-hydroxylation sites is 2. The fourth-order valence-electron chi connectivity index (χ4n) is 3.85. The highest BCUT2D eigenvalue weighted by atomic mass is 32.2. The molecular weight excluding hydrogens is 434 g/mol. The number of nitrogens with zero attached hydrogens (tertiary/aromatic N) is 4. The van der Waals surface area contributed by atoms with Crippen LogP contribution in [0.5, 0.6) is 5.75 Å². The zero-order valence-electron chi connectivity index (χ0n) is 18.8. The summed E-state index contributed by atoms with van der Waals surface area (Å²) in [4.78, 5) is 25.8. The molecule has 1 aliphatic heterocycles. The number of carbonyl (C=O) groups is 1. The second kappa shape index (κ2) is 11.6. The van der Waals surface area contributed by atoms with Crippen LogP contribution in [0, 0.1) is 0 Å². The Balaban J connectivity index is 1.22. The minimum Gasteiger partial charge on any atom is -0.496 e. The molecule has 1 N–H and O–H groups in total. The molecule has 0 bridgehead atoms. The molecule has 0 spiro atoms. The first-order valence-corrected chi connectivity index (χ1v) is 12.1. The van der Waals surface area contributed by atoms with Gasteiger partial charge in [-0.1, -0.05) is 48.2 Å². The average molecular weight is 464 g/mol. The minimum absolute atomic E-state index is 0.00784. The number of amides is 1. The predicted octanol–water partition coefficient (Wildman–Crippen LogP) is 3.26. The largest absolute Gasteiger partial charge is 0.496 e. The molecule has 1 aromatic heterocycles. The van der Waals surface area contributed by atoms with Crippen LogP contribution in [-0.2, 0) is 11.2 Å². The molecule has 1 saturated heterocycles. The van der Waals surface area contributed by atoms with E-state index in [-0.39, 0.29) is 5.91 Å². The van der Waals surface area contributed by atoms with Crippen molar-refractivity contribution in [3.8, 4) is 5.75 Å². The van der Waals surface area contributed by atoms with Gasteiger partial charge in [-0.2, -0.15) is 0 Å². The Bertz CT molecular complexity index is 1040. The van der Waals surface area contributed by atoms with Crippen LogP contribution in [0.15, 0.2) is 72.0 Å². The van der Waals surface area contributed by atoms with Crippen molar-refractivity contribution in [1.29, 1.82) is 0 Å². The predicted molar refractivity (Wildman–Crippen MR) is 133 cm³/mol. The topological polar surface area (TPSA) is 70.6 Å². The van der Waals surface area contributed by atoms with Crippen molar-refractivity contribution in [2.45, 2.75) is 11.4 Å². The lowest BCUT2D eigenvalue weighted by Gasteiger charge is -2.36. The normalized spacial score (nSPS) is 13.6. The highest BCUT2D eigenvalue weighted by Gasteiger charge is 2.19. The van der Waals surface area contributed by atoms with Gasteiger partial charge in [0.05, 0.1) is 12.9 Å². The molecule has 2 heterocycles. The second-order valence-electron chi connectivity index (χ2n) is 7.72. The number of piperazine rings is 1. The molecule has 0 atom stereocenters. The van der Waals surface area contributed by atoms with E-state index in [0.717, 1.165) is 54.8 Å². The summed E-state index contributed by atoms with van der Waals surface area (Å²) in [5.41, 5.74) is 2.34. The SMILES string of the molecule is COc1ccccc1CCNC(=O)CSc1cc(N2CCN(c3ccccc3)CC2)ncn1. The molecule has 2 aromatic carbocycles. The van der Waals surface area contributed by atoms with E-state index in [4.69, 9.17) is 4.74 Å². The number of methoxy groups -OCH3 is 1. The molecule has 4 rings (SSSR count). The van der Waals surface area contributed by atoms with Crippen LogP contribution in [-0.4, -0.2) is 61.5 Å². The first-order chi connectivity index (χ1) is 16.2. The van der Waals surface area contributed by atoms with Crippen molar-refractivity contribution >= 4 is 29.2 Å². The number of ether oxygens (including phenoxy) is 1. The fraction of sp³-hybridized carbons (Fsp3) is 0.320. The first-order valence-electron chi connectivity index (χ1n) is 11.1. The Labute approximate surface area is 199 Å². The Hall–Kier alpha value is -3.26. The maximum Gasteiger partial charge on any atom is 0.230 e. The molecule has 0 saturated carbocycles. The average Bonchev–Trinajstić information content (AvgIpc) is 2.88. The molecule has 33 heavy (non-hydrogen) atoms. The van der Waals surface area contributed by atoms with Gasteiger partial charge in [0.2, 0.25) is 5.91 Å². The van der Waals surface area contributed by atoms with Crippen LogP contribution in [0.2, 0.25) is 0 Å². The standard InChI is InChI=1S/C25H29N5O2S/c1-32-22-10-6-5-7-20(22)11-12-26-24(31)18-33-25-17-23(27-19-28-25)30-15-13-29(14-16-30)21-8-3-2-4-9-21/h2-10,17,19H,11-16,18H2,1H3,(H,26,31). The second-order valence-corrected chi connectivity index (χ2v) is 8.72. The Kier molecular flexibility index (Phi) is 8.03. The molecule has 1 fully saturated rings. The molecule has 0 unspecified atom stereocenters. The van der Waals surface area contributed by atoms with Crippen LogP contribution in [0.3, 0.4) is 0 Å². The number of aromatic nitrogens is 2. The molecule has 8 heteroatoms. The van der Waals surface area contributed by atoms with Crippen LogP contribution >= 0.6 is 11.8 Å². The number of rotatable bonds is 9. The highest BCUT2D eigenvalue weighted by Crippen LogP contribution is 2.22. The fourth-order valence-corrected chi connectivity index (χ4v) is 4.54. The van der Waals surface area contributed by atoms with Gasteiger partial charge >= 0.3 is 0 Å². The molecule has 3 aromatic rings.